The molecule has 0 spiro atoms. The number of carbonyl (C=O) groups excluding carboxylic acids is 1. The van der Waals surface area contributed by atoms with Gasteiger partial charge in [-0.25, -0.2) is 4.39 Å². The van der Waals surface area contributed by atoms with Crippen LogP contribution in [0.3, 0.4) is 0 Å². The summed E-state index contributed by atoms with van der Waals surface area (Å²) in [5.41, 5.74) is 4.05. The smallest absolute Gasteiger partial charge is 0.258 e. The van der Waals surface area contributed by atoms with Gasteiger partial charge in [-0.2, -0.15) is 0 Å². The summed E-state index contributed by atoms with van der Waals surface area (Å²) in [7, 11) is 0. The molecule has 0 bridgehead atoms. The Balaban J connectivity index is 1.87. The Bertz CT molecular complexity index is 642. The van der Waals surface area contributed by atoms with Crippen LogP contribution in [-0.4, -0.2) is 12.5 Å². The molecule has 0 saturated carbocycles. The first kappa shape index (κ1) is 16.0. The lowest BCUT2D eigenvalue weighted by Gasteiger charge is -2.13. The van der Waals surface area contributed by atoms with Crippen LogP contribution >= 0.6 is 0 Å². The van der Waals surface area contributed by atoms with E-state index >= 15 is 0 Å². The molecule has 0 fully saturated rings. The summed E-state index contributed by atoms with van der Waals surface area (Å²) in [5.74, 6) is 0.259. The Labute approximate surface area is 130 Å². The monoisotopic (exact) mass is 301 g/mol. The summed E-state index contributed by atoms with van der Waals surface area (Å²) in [4.78, 5) is 11.8. The van der Waals surface area contributed by atoms with E-state index in [-0.39, 0.29) is 18.3 Å². The number of nitrogens with one attached hydrogen (secondary N) is 1. The summed E-state index contributed by atoms with van der Waals surface area (Å²) >= 11 is 0. The Morgan fingerprint density at radius 3 is 2.27 bits per heavy atom. The van der Waals surface area contributed by atoms with Gasteiger partial charge in [0.1, 0.15) is 11.6 Å². The van der Waals surface area contributed by atoms with Crippen molar-refractivity contribution in [2.24, 2.45) is 0 Å². The number of carbonyl (C=O) groups is 1. The van der Waals surface area contributed by atoms with Crippen LogP contribution in [0.15, 0.2) is 36.4 Å². The molecule has 0 unspecified atom stereocenters. The van der Waals surface area contributed by atoms with Gasteiger partial charge in [0.25, 0.3) is 5.91 Å². The number of rotatable bonds is 5. The van der Waals surface area contributed by atoms with E-state index in [9.17, 15) is 9.18 Å². The highest BCUT2D eigenvalue weighted by atomic mass is 19.1. The van der Waals surface area contributed by atoms with Crippen LogP contribution in [0.4, 0.5) is 4.39 Å². The van der Waals surface area contributed by atoms with E-state index in [0.717, 1.165) is 22.4 Å². The molecule has 2 rings (SSSR count). The normalized spacial score (nSPS) is 10.4. The second-order valence-electron chi connectivity index (χ2n) is 5.42. The van der Waals surface area contributed by atoms with Gasteiger partial charge in [-0.3, -0.25) is 4.79 Å². The number of halogens is 1. The van der Waals surface area contributed by atoms with Crippen LogP contribution in [0.25, 0.3) is 0 Å². The van der Waals surface area contributed by atoms with Crippen molar-refractivity contribution in [2.75, 3.05) is 6.61 Å². The summed E-state index contributed by atoms with van der Waals surface area (Å²) < 4.78 is 18.4. The summed E-state index contributed by atoms with van der Waals surface area (Å²) in [6.45, 7) is 6.27. The van der Waals surface area contributed by atoms with Crippen molar-refractivity contribution in [1.29, 1.82) is 0 Å². The van der Waals surface area contributed by atoms with Crippen molar-refractivity contribution in [3.8, 4) is 5.75 Å². The highest BCUT2D eigenvalue weighted by Gasteiger charge is 2.08. The Hall–Kier alpha value is -2.36. The predicted octanol–water partition coefficient (Wildman–Crippen LogP) is 3.45. The van der Waals surface area contributed by atoms with Gasteiger partial charge < -0.3 is 10.1 Å². The van der Waals surface area contributed by atoms with Gasteiger partial charge in [-0.1, -0.05) is 29.8 Å². The van der Waals surface area contributed by atoms with Gasteiger partial charge in [0.15, 0.2) is 6.61 Å². The first-order chi connectivity index (χ1) is 10.5. The van der Waals surface area contributed by atoms with Crippen molar-refractivity contribution < 1.29 is 13.9 Å². The highest BCUT2D eigenvalue weighted by Crippen LogP contribution is 2.24. The maximum atomic E-state index is 12.8. The van der Waals surface area contributed by atoms with Crippen LogP contribution < -0.4 is 10.1 Å². The number of amides is 1. The molecular weight excluding hydrogens is 281 g/mol. The third kappa shape index (κ3) is 4.32. The van der Waals surface area contributed by atoms with Gasteiger partial charge in [0.05, 0.1) is 0 Å². The molecule has 1 N–H and O–H groups in total. The van der Waals surface area contributed by atoms with E-state index in [1.807, 2.05) is 32.9 Å². The van der Waals surface area contributed by atoms with Crippen LogP contribution in [0, 0.1) is 26.6 Å². The lowest BCUT2D eigenvalue weighted by molar-refractivity contribution is -0.123. The molecule has 0 aliphatic rings. The zero-order chi connectivity index (χ0) is 16.1. The van der Waals surface area contributed by atoms with Gasteiger partial charge in [0, 0.05) is 6.54 Å². The molecule has 3 nitrogen and oxygen atoms in total. The standard InChI is InChI=1S/C18H20FNO2/c1-12-8-13(2)18(14(3)9-12)22-11-17(21)20-10-15-4-6-16(19)7-5-15/h4-9H,10-11H2,1-3H3,(H,20,21). The van der Waals surface area contributed by atoms with Crippen LogP contribution in [0.5, 0.6) is 5.75 Å². The lowest BCUT2D eigenvalue weighted by atomic mass is 10.1. The Morgan fingerprint density at radius 2 is 1.68 bits per heavy atom. The van der Waals surface area contributed by atoms with Gasteiger partial charge in [-0.15, -0.1) is 0 Å². The number of hydrogen-bond donors (Lipinski definition) is 1. The second-order valence-corrected chi connectivity index (χ2v) is 5.42. The highest BCUT2D eigenvalue weighted by molar-refractivity contribution is 5.77. The van der Waals surface area contributed by atoms with Crippen LogP contribution in [-0.2, 0) is 11.3 Å². The van der Waals surface area contributed by atoms with Crippen LogP contribution in [0.2, 0.25) is 0 Å². The number of hydrogen-bond acceptors (Lipinski definition) is 2. The minimum absolute atomic E-state index is 0.0358. The third-order valence-electron chi connectivity index (χ3n) is 3.36. The zero-order valence-electron chi connectivity index (χ0n) is 13.1. The summed E-state index contributed by atoms with van der Waals surface area (Å²) in [6.07, 6.45) is 0. The van der Waals surface area contributed by atoms with Gasteiger partial charge in [0.2, 0.25) is 0 Å². The topological polar surface area (TPSA) is 38.3 Å². The van der Waals surface area contributed by atoms with Crippen molar-refractivity contribution in [1.82, 2.24) is 5.32 Å². The van der Waals surface area contributed by atoms with E-state index in [1.54, 1.807) is 12.1 Å². The minimum Gasteiger partial charge on any atom is -0.483 e. The molecule has 22 heavy (non-hydrogen) atoms. The molecule has 4 heteroatoms. The fraction of sp³-hybridized carbons (Fsp3) is 0.278. The van der Waals surface area contributed by atoms with Crippen molar-refractivity contribution in [3.05, 3.63) is 64.5 Å². The number of benzene rings is 2. The van der Waals surface area contributed by atoms with Gasteiger partial charge >= 0.3 is 0 Å². The summed E-state index contributed by atoms with van der Waals surface area (Å²) in [5, 5.41) is 2.75. The molecular formula is C18H20FNO2. The van der Waals surface area contributed by atoms with Gasteiger partial charge in [-0.05, 0) is 49.6 Å². The van der Waals surface area contributed by atoms with Crippen molar-refractivity contribution in [2.45, 2.75) is 27.3 Å². The average Bonchev–Trinajstić information content (AvgIpc) is 2.45. The van der Waals surface area contributed by atoms with E-state index in [2.05, 4.69) is 5.32 Å². The number of aryl methyl sites for hydroxylation is 3. The van der Waals surface area contributed by atoms with Crippen molar-refractivity contribution >= 4 is 5.91 Å². The van der Waals surface area contributed by atoms with E-state index < -0.39 is 0 Å². The molecule has 0 aromatic heterocycles. The van der Waals surface area contributed by atoms with E-state index in [0.29, 0.717) is 6.54 Å². The lowest BCUT2D eigenvalue weighted by Crippen LogP contribution is -2.28. The second kappa shape index (κ2) is 7.07. The molecule has 0 heterocycles. The van der Waals surface area contributed by atoms with E-state index in [4.69, 9.17) is 4.74 Å². The van der Waals surface area contributed by atoms with Crippen LogP contribution in [0.1, 0.15) is 22.3 Å². The molecule has 0 saturated heterocycles. The summed E-state index contributed by atoms with van der Waals surface area (Å²) in [6, 6.07) is 10.1. The van der Waals surface area contributed by atoms with Crippen molar-refractivity contribution in [3.63, 3.8) is 0 Å². The molecule has 1 amide bonds. The molecule has 116 valence electrons. The Morgan fingerprint density at radius 1 is 1.09 bits per heavy atom. The molecule has 2 aromatic rings. The molecule has 0 aliphatic carbocycles. The molecule has 0 atom stereocenters. The number of ether oxygens (including phenoxy) is 1. The average molecular weight is 301 g/mol. The zero-order valence-corrected chi connectivity index (χ0v) is 13.1. The largest absolute Gasteiger partial charge is 0.483 e. The fourth-order valence-electron chi connectivity index (χ4n) is 2.39. The predicted molar refractivity (Wildman–Crippen MR) is 84.4 cm³/mol. The molecule has 2 aromatic carbocycles. The maximum Gasteiger partial charge on any atom is 0.258 e. The van der Waals surface area contributed by atoms with E-state index in [1.165, 1.54) is 17.7 Å². The first-order valence-electron chi connectivity index (χ1n) is 7.17. The maximum absolute atomic E-state index is 12.8. The molecule has 0 radical (unpaired) electrons. The fourth-order valence-corrected chi connectivity index (χ4v) is 2.39. The molecule has 0 aliphatic heterocycles. The SMILES string of the molecule is Cc1cc(C)c(OCC(=O)NCc2ccc(F)cc2)c(C)c1. The first-order valence-corrected chi connectivity index (χ1v) is 7.17. The minimum atomic E-state index is -0.288. The quantitative estimate of drug-likeness (QED) is 0.918. The Kier molecular flexibility index (Phi) is 5.15. The third-order valence-corrected chi connectivity index (χ3v) is 3.36.